The first kappa shape index (κ1) is 23.4. The van der Waals surface area contributed by atoms with E-state index in [2.05, 4.69) is 44.7 Å². The largest absolute Gasteiger partial charge is 0.287 e. The van der Waals surface area contributed by atoms with E-state index < -0.39 is 0 Å². The summed E-state index contributed by atoms with van der Waals surface area (Å²) in [7, 11) is 7.51. The Morgan fingerprint density at radius 2 is 1.48 bits per heavy atom. The van der Waals surface area contributed by atoms with Gasteiger partial charge in [0, 0.05) is 5.92 Å². The average molecular weight is 370 g/mol. The maximum Gasteiger partial charge on any atom is 0.126 e. The molecule has 0 aliphatic carbocycles. The van der Waals surface area contributed by atoms with Gasteiger partial charge in [0.25, 0.3) is 0 Å². The second-order valence-electron chi connectivity index (χ2n) is 8.58. The third kappa shape index (κ3) is 9.41. The average Bonchev–Trinajstić information content (AvgIpc) is 2.69. The molecule has 0 spiro atoms. The number of rotatable bonds is 8. The van der Waals surface area contributed by atoms with Gasteiger partial charge in [0.05, 0.1) is 0 Å². The van der Waals surface area contributed by atoms with E-state index in [1.807, 2.05) is 0 Å². The summed E-state index contributed by atoms with van der Waals surface area (Å²) < 4.78 is 0. The Bertz CT molecular complexity index is 338. The SMILES string of the molecule is CCCC[B]CCCNC12NCCC[B]CCCC1CCC[B]CCCN2. The maximum atomic E-state index is 4.00. The Labute approximate surface area is 172 Å². The zero-order chi connectivity index (χ0) is 19.0. The molecule has 0 aromatic carbocycles. The molecule has 2 aliphatic heterocycles. The van der Waals surface area contributed by atoms with Gasteiger partial charge in [0.2, 0.25) is 0 Å². The lowest BCUT2D eigenvalue weighted by atomic mass is 9.66. The molecule has 3 nitrogen and oxygen atoms in total. The predicted molar refractivity (Wildman–Crippen MR) is 124 cm³/mol. The van der Waals surface area contributed by atoms with E-state index in [9.17, 15) is 0 Å². The van der Waals surface area contributed by atoms with Crippen LogP contribution in [-0.2, 0) is 0 Å². The van der Waals surface area contributed by atoms with Crippen molar-refractivity contribution in [3.8, 4) is 0 Å². The molecule has 2 rings (SSSR count). The minimum absolute atomic E-state index is 0.0574. The van der Waals surface area contributed by atoms with Crippen molar-refractivity contribution >= 4 is 21.8 Å². The van der Waals surface area contributed by atoms with Crippen LogP contribution in [0.25, 0.3) is 0 Å². The summed E-state index contributed by atoms with van der Waals surface area (Å²) in [4.78, 5) is 0. The molecular weight excluding hydrogens is 327 g/mol. The van der Waals surface area contributed by atoms with E-state index in [1.165, 1.54) is 95.7 Å². The first-order chi connectivity index (χ1) is 13.4. The highest BCUT2D eigenvalue weighted by molar-refractivity contribution is 6.35. The topological polar surface area (TPSA) is 36.1 Å². The van der Waals surface area contributed by atoms with E-state index in [1.54, 1.807) is 0 Å². The Balaban J connectivity index is 1.94. The van der Waals surface area contributed by atoms with Crippen LogP contribution in [0.15, 0.2) is 0 Å². The van der Waals surface area contributed by atoms with Crippen LogP contribution in [-0.4, -0.2) is 47.3 Å². The van der Waals surface area contributed by atoms with Crippen LogP contribution < -0.4 is 16.0 Å². The van der Waals surface area contributed by atoms with Crippen molar-refractivity contribution in [2.45, 2.75) is 108 Å². The normalized spacial score (nSPS) is 28.3. The van der Waals surface area contributed by atoms with E-state index in [0.29, 0.717) is 5.92 Å². The number of nitrogens with one attached hydrogen (secondary N) is 3. The molecule has 3 N–H and O–H groups in total. The van der Waals surface area contributed by atoms with Gasteiger partial charge in [-0.1, -0.05) is 70.5 Å². The molecule has 0 amide bonds. The lowest BCUT2D eigenvalue weighted by Crippen LogP contribution is -2.71. The quantitative estimate of drug-likeness (QED) is 0.443. The van der Waals surface area contributed by atoms with E-state index in [0.717, 1.165) is 19.6 Å². The van der Waals surface area contributed by atoms with Crippen LogP contribution in [0.5, 0.6) is 0 Å². The molecule has 0 unspecified atom stereocenters. The summed E-state index contributed by atoms with van der Waals surface area (Å²) >= 11 is 0. The molecule has 0 aromatic heterocycles. The first-order valence-electron chi connectivity index (χ1n) is 12.1. The molecule has 0 atom stereocenters. The summed E-state index contributed by atoms with van der Waals surface area (Å²) in [6.07, 6.45) is 19.4. The zero-order valence-corrected chi connectivity index (χ0v) is 18.0. The van der Waals surface area contributed by atoms with Gasteiger partial charge in [-0.15, -0.1) is 0 Å². The number of unbranched alkanes of at least 4 members (excludes halogenated alkanes) is 1. The molecule has 0 saturated carbocycles. The second-order valence-corrected chi connectivity index (χ2v) is 8.58. The van der Waals surface area contributed by atoms with Crippen molar-refractivity contribution in [3.05, 3.63) is 0 Å². The van der Waals surface area contributed by atoms with Crippen molar-refractivity contribution in [1.29, 1.82) is 0 Å². The third-order valence-electron chi connectivity index (χ3n) is 6.26. The van der Waals surface area contributed by atoms with Crippen LogP contribution in [0.2, 0.25) is 37.9 Å². The van der Waals surface area contributed by atoms with Crippen molar-refractivity contribution in [1.82, 2.24) is 16.0 Å². The van der Waals surface area contributed by atoms with E-state index >= 15 is 0 Å². The summed E-state index contributed by atoms with van der Waals surface area (Å²) in [5.74, 6) is 0.623. The monoisotopic (exact) mass is 370 g/mol. The van der Waals surface area contributed by atoms with Crippen LogP contribution in [0.1, 0.15) is 64.7 Å². The van der Waals surface area contributed by atoms with Gasteiger partial charge in [-0.25, -0.2) is 0 Å². The van der Waals surface area contributed by atoms with Crippen LogP contribution in [0, 0.1) is 5.92 Å². The van der Waals surface area contributed by atoms with Crippen molar-refractivity contribution in [3.63, 3.8) is 0 Å². The highest BCUT2D eigenvalue weighted by Gasteiger charge is 2.37. The van der Waals surface area contributed by atoms with Crippen LogP contribution in [0.3, 0.4) is 0 Å². The molecule has 2 heterocycles. The van der Waals surface area contributed by atoms with Gasteiger partial charge in [0.15, 0.2) is 0 Å². The third-order valence-corrected chi connectivity index (χ3v) is 6.26. The number of hydrogen-bond acceptors (Lipinski definition) is 3. The minimum atomic E-state index is -0.0574. The summed E-state index contributed by atoms with van der Waals surface area (Å²) in [5.41, 5.74) is 0. The molecule has 6 heteroatoms. The van der Waals surface area contributed by atoms with Gasteiger partial charge in [-0.05, 0) is 51.7 Å². The van der Waals surface area contributed by atoms with Gasteiger partial charge < -0.3 is 0 Å². The molecule has 2 fully saturated rings. The molecule has 27 heavy (non-hydrogen) atoms. The highest BCUT2D eigenvalue weighted by Crippen LogP contribution is 2.27. The molecule has 3 radical (unpaired) electrons. The van der Waals surface area contributed by atoms with Crippen molar-refractivity contribution < 1.29 is 0 Å². The van der Waals surface area contributed by atoms with Crippen molar-refractivity contribution in [2.24, 2.45) is 5.92 Å². The van der Waals surface area contributed by atoms with Gasteiger partial charge in [-0.3, -0.25) is 16.0 Å². The Morgan fingerprint density at radius 1 is 0.889 bits per heavy atom. The lowest BCUT2D eigenvalue weighted by Gasteiger charge is -2.45. The van der Waals surface area contributed by atoms with Gasteiger partial charge >= 0.3 is 0 Å². The van der Waals surface area contributed by atoms with Crippen molar-refractivity contribution in [2.75, 3.05) is 19.6 Å². The van der Waals surface area contributed by atoms with Gasteiger partial charge in [0.1, 0.15) is 27.6 Å². The fourth-order valence-electron chi connectivity index (χ4n) is 4.59. The summed E-state index contributed by atoms with van der Waals surface area (Å²) in [6.45, 7) is 5.61. The Hall–Kier alpha value is 0.0748. The van der Waals surface area contributed by atoms with Gasteiger partial charge in [-0.2, -0.15) is 0 Å². The fraction of sp³-hybridized carbons (Fsp3) is 1.00. The smallest absolute Gasteiger partial charge is 0.126 e. The van der Waals surface area contributed by atoms with E-state index in [4.69, 9.17) is 0 Å². The predicted octanol–water partition coefficient (Wildman–Crippen LogP) is 4.21. The molecule has 0 bridgehead atoms. The second kappa shape index (κ2) is 15.0. The summed E-state index contributed by atoms with van der Waals surface area (Å²) in [5, 5.41) is 11.9. The minimum Gasteiger partial charge on any atom is -0.287 e. The molecule has 151 valence electrons. The molecule has 2 saturated heterocycles. The summed E-state index contributed by atoms with van der Waals surface area (Å²) in [6, 6.07) is 0. The Kier molecular flexibility index (Phi) is 13.0. The highest BCUT2D eigenvalue weighted by atomic mass is 15.4. The number of fused-ring (bicyclic) bond motifs is 1. The Morgan fingerprint density at radius 3 is 2.11 bits per heavy atom. The number of hydrogen-bond donors (Lipinski definition) is 3. The fourth-order valence-corrected chi connectivity index (χ4v) is 4.59. The lowest BCUT2D eigenvalue weighted by molar-refractivity contribution is 0.0959. The molecule has 0 aromatic rings. The molecule has 2 aliphatic rings. The van der Waals surface area contributed by atoms with Crippen LogP contribution in [0.4, 0.5) is 0 Å². The first-order valence-corrected chi connectivity index (χ1v) is 12.1. The standard InChI is InChI=1S/C21H43B3N3/c1-2-3-11-22-14-6-17-25-21-20(9-4-12-23-15-7-18-26-21)10-5-13-24-16-8-19-27-21/h20,25-27H,2-19H2,1H3. The van der Waals surface area contributed by atoms with Crippen LogP contribution >= 0.6 is 0 Å². The van der Waals surface area contributed by atoms with E-state index in [-0.39, 0.29) is 5.79 Å². The molecular formula is C21H43B3N3. The maximum absolute atomic E-state index is 4.00. The zero-order valence-electron chi connectivity index (χ0n) is 18.0.